The summed E-state index contributed by atoms with van der Waals surface area (Å²) in [5.74, 6) is 0.834. The first-order valence-corrected chi connectivity index (χ1v) is 4.50. The largest absolute Gasteiger partial charge is 0.327 e. The van der Waals surface area contributed by atoms with Crippen molar-refractivity contribution in [2.45, 2.75) is 26.8 Å². The van der Waals surface area contributed by atoms with E-state index in [1.54, 1.807) is 0 Å². The molecule has 2 nitrogen and oxygen atoms in total. The Morgan fingerprint density at radius 1 is 1.60 bits per heavy atom. The lowest BCUT2D eigenvalue weighted by Gasteiger charge is -2.12. The molecular weight excluding hydrogens is 146 g/mol. The summed E-state index contributed by atoms with van der Waals surface area (Å²) in [6.45, 7) is 5.70. The molecule has 0 aromatic rings. The van der Waals surface area contributed by atoms with Crippen LogP contribution in [0.4, 0.5) is 0 Å². The molecule has 2 N–H and O–H groups in total. The SMILES string of the molecule is CCSC(=O)C(C)C(C)N. The third kappa shape index (κ3) is 3.22. The van der Waals surface area contributed by atoms with E-state index >= 15 is 0 Å². The van der Waals surface area contributed by atoms with Crippen molar-refractivity contribution in [2.24, 2.45) is 11.7 Å². The van der Waals surface area contributed by atoms with Gasteiger partial charge in [0.15, 0.2) is 5.12 Å². The van der Waals surface area contributed by atoms with Gasteiger partial charge in [-0.05, 0) is 12.7 Å². The Morgan fingerprint density at radius 2 is 2.10 bits per heavy atom. The highest BCUT2D eigenvalue weighted by Gasteiger charge is 2.15. The van der Waals surface area contributed by atoms with E-state index in [0.717, 1.165) is 5.75 Å². The van der Waals surface area contributed by atoms with E-state index in [1.807, 2.05) is 20.8 Å². The maximum absolute atomic E-state index is 11.1. The highest BCUT2D eigenvalue weighted by atomic mass is 32.2. The van der Waals surface area contributed by atoms with Gasteiger partial charge in [-0.25, -0.2) is 0 Å². The molecule has 3 heteroatoms. The van der Waals surface area contributed by atoms with Gasteiger partial charge in [-0.1, -0.05) is 25.6 Å². The lowest BCUT2D eigenvalue weighted by molar-refractivity contribution is -0.114. The summed E-state index contributed by atoms with van der Waals surface area (Å²) in [6.07, 6.45) is 0. The van der Waals surface area contributed by atoms with Crippen LogP contribution in [0.25, 0.3) is 0 Å². The summed E-state index contributed by atoms with van der Waals surface area (Å²) >= 11 is 1.35. The second-order valence-corrected chi connectivity index (χ2v) is 3.67. The monoisotopic (exact) mass is 161 g/mol. The van der Waals surface area contributed by atoms with Gasteiger partial charge in [0.05, 0.1) is 0 Å². The second kappa shape index (κ2) is 4.74. The number of carbonyl (C=O) groups is 1. The van der Waals surface area contributed by atoms with Crippen LogP contribution in [-0.4, -0.2) is 16.9 Å². The van der Waals surface area contributed by atoms with Crippen LogP contribution < -0.4 is 5.73 Å². The fourth-order valence-corrected chi connectivity index (χ4v) is 1.25. The zero-order chi connectivity index (χ0) is 8.15. The lowest BCUT2D eigenvalue weighted by Crippen LogP contribution is -2.29. The maximum Gasteiger partial charge on any atom is 0.193 e. The van der Waals surface area contributed by atoms with Crippen molar-refractivity contribution in [2.75, 3.05) is 5.75 Å². The van der Waals surface area contributed by atoms with Gasteiger partial charge in [0.2, 0.25) is 0 Å². The quantitative estimate of drug-likeness (QED) is 0.677. The number of hydrogen-bond donors (Lipinski definition) is 1. The molecule has 2 unspecified atom stereocenters. The van der Waals surface area contributed by atoms with Crippen molar-refractivity contribution >= 4 is 16.9 Å². The van der Waals surface area contributed by atoms with E-state index in [0.29, 0.717) is 0 Å². The molecule has 0 bridgehead atoms. The van der Waals surface area contributed by atoms with E-state index in [1.165, 1.54) is 11.8 Å². The van der Waals surface area contributed by atoms with Crippen LogP contribution in [0.3, 0.4) is 0 Å². The zero-order valence-electron chi connectivity index (χ0n) is 6.76. The van der Waals surface area contributed by atoms with Gasteiger partial charge < -0.3 is 5.73 Å². The first kappa shape index (κ1) is 9.98. The Labute approximate surface area is 66.6 Å². The van der Waals surface area contributed by atoms with Crippen LogP contribution in [0.1, 0.15) is 20.8 Å². The van der Waals surface area contributed by atoms with E-state index in [-0.39, 0.29) is 17.1 Å². The molecule has 60 valence electrons. The summed E-state index contributed by atoms with van der Waals surface area (Å²) in [5.41, 5.74) is 5.53. The molecule has 0 aromatic heterocycles. The summed E-state index contributed by atoms with van der Waals surface area (Å²) in [7, 11) is 0. The van der Waals surface area contributed by atoms with E-state index in [9.17, 15) is 4.79 Å². The summed E-state index contributed by atoms with van der Waals surface area (Å²) in [5, 5.41) is 0.206. The van der Waals surface area contributed by atoms with Gasteiger partial charge in [-0.15, -0.1) is 0 Å². The van der Waals surface area contributed by atoms with Crippen molar-refractivity contribution in [1.82, 2.24) is 0 Å². The minimum atomic E-state index is -0.0217. The molecule has 0 spiro atoms. The Bertz CT molecular complexity index is 114. The van der Waals surface area contributed by atoms with Crippen molar-refractivity contribution in [3.8, 4) is 0 Å². The maximum atomic E-state index is 11.1. The van der Waals surface area contributed by atoms with Crippen LogP contribution in [0, 0.1) is 5.92 Å². The van der Waals surface area contributed by atoms with Crippen LogP contribution in [0.15, 0.2) is 0 Å². The molecule has 0 aliphatic heterocycles. The van der Waals surface area contributed by atoms with Gasteiger partial charge in [-0.3, -0.25) is 4.79 Å². The summed E-state index contributed by atoms with van der Waals surface area (Å²) < 4.78 is 0. The number of hydrogen-bond acceptors (Lipinski definition) is 3. The molecule has 0 aromatic carbocycles. The number of rotatable bonds is 3. The molecule has 10 heavy (non-hydrogen) atoms. The van der Waals surface area contributed by atoms with Gasteiger partial charge in [0.25, 0.3) is 0 Å². The highest BCUT2D eigenvalue weighted by molar-refractivity contribution is 8.13. The molecule has 0 amide bonds. The van der Waals surface area contributed by atoms with E-state index in [2.05, 4.69) is 0 Å². The molecule has 0 heterocycles. The Hall–Kier alpha value is -0.0200. The third-order valence-corrected chi connectivity index (χ3v) is 2.39. The number of carbonyl (C=O) groups excluding carboxylic acids is 1. The molecule has 0 aliphatic carbocycles. The third-order valence-electron chi connectivity index (χ3n) is 1.45. The predicted octanol–water partition coefficient (Wildman–Crippen LogP) is 1.25. The summed E-state index contributed by atoms with van der Waals surface area (Å²) in [4.78, 5) is 11.1. The van der Waals surface area contributed by atoms with Crippen molar-refractivity contribution in [1.29, 1.82) is 0 Å². The molecule has 0 aliphatic rings. The van der Waals surface area contributed by atoms with Gasteiger partial charge >= 0.3 is 0 Å². The van der Waals surface area contributed by atoms with Crippen LogP contribution >= 0.6 is 11.8 Å². The molecular formula is C7H15NOS. The van der Waals surface area contributed by atoms with Crippen molar-refractivity contribution in [3.05, 3.63) is 0 Å². The molecule has 0 saturated carbocycles. The Kier molecular flexibility index (Phi) is 4.73. The molecule has 0 saturated heterocycles. The van der Waals surface area contributed by atoms with Crippen LogP contribution in [0.2, 0.25) is 0 Å². The zero-order valence-corrected chi connectivity index (χ0v) is 7.57. The topological polar surface area (TPSA) is 43.1 Å². The standard InChI is InChI=1S/C7H15NOS/c1-4-10-7(9)5(2)6(3)8/h5-6H,4,8H2,1-3H3. The molecule has 2 atom stereocenters. The Morgan fingerprint density at radius 3 is 2.40 bits per heavy atom. The predicted molar refractivity (Wildman–Crippen MR) is 46.0 cm³/mol. The smallest absolute Gasteiger partial charge is 0.193 e. The summed E-state index contributed by atoms with van der Waals surface area (Å²) in [6, 6.07) is -0.0217. The fraction of sp³-hybridized carbons (Fsp3) is 0.857. The van der Waals surface area contributed by atoms with Gasteiger partial charge in [0, 0.05) is 12.0 Å². The average Bonchev–Trinajstić information content (AvgIpc) is 1.87. The van der Waals surface area contributed by atoms with Gasteiger partial charge in [0.1, 0.15) is 0 Å². The van der Waals surface area contributed by atoms with Gasteiger partial charge in [-0.2, -0.15) is 0 Å². The Balaban J connectivity index is 3.71. The minimum Gasteiger partial charge on any atom is -0.327 e. The first-order chi connectivity index (χ1) is 4.59. The highest BCUT2D eigenvalue weighted by Crippen LogP contribution is 2.12. The number of thioether (sulfide) groups is 1. The first-order valence-electron chi connectivity index (χ1n) is 3.51. The second-order valence-electron chi connectivity index (χ2n) is 2.40. The van der Waals surface area contributed by atoms with E-state index < -0.39 is 0 Å². The van der Waals surface area contributed by atoms with E-state index in [4.69, 9.17) is 5.73 Å². The van der Waals surface area contributed by atoms with Crippen LogP contribution in [-0.2, 0) is 4.79 Å². The molecule has 0 rings (SSSR count). The normalized spacial score (nSPS) is 16.4. The van der Waals surface area contributed by atoms with Crippen LogP contribution in [0.5, 0.6) is 0 Å². The molecule has 0 fully saturated rings. The fourth-order valence-electron chi connectivity index (χ4n) is 0.488. The average molecular weight is 161 g/mol. The lowest BCUT2D eigenvalue weighted by atomic mass is 10.1. The van der Waals surface area contributed by atoms with Crippen molar-refractivity contribution in [3.63, 3.8) is 0 Å². The molecule has 0 radical (unpaired) electrons. The van der Waals surface area contributed by atoms with Crippen molar-refractivity contribution < 1.29 is 4.79 Å². The minimum absolute atomic E-state index is 0.00931. The number of nitrogens with two attached hydrogens (primary N) is 1.